The third-order valence-corrected chi connectivity index (χ3v) is 4.15. The fourth-order valence-electron chi connectivity index (χ4n) is 2.82. The van der Waals surface area contributed by atoms with E-state index in [0.29, 0.717) is 23.0 Å². The molecule has 140 valence electrons. The molecule has 0 aliphatic heterocycles. The van der Waals surface area contributed by atoms with E-state index in [2.05, 4.69) is 21.7 Å². The van der Waals surface area contributed by atoms with E-state index in [0.717, 1.165) is 0 Å². The number of nitrogens with zero attached hydrogens (tertiary/aromatic N) is 2. The third-order valence-electron chi connectivity index (χ3n) is 4.15. The van der Waals surface area contributed by atoms with Gasteiger partial charge < -0.3 is 10.6 Å². The average Bonchev–Trinajstić information content (AvgIpc) is 2.72. The monoisotopic (exact) mass is 374 g/mol. The van der Waals surface area contributed by atoms with Crippen molar-refractivity contribution in [2.75, 3.05) is 11.9 Å². The summed E-state index contributed by atoms with van der Waals surface area (Å²) < 4.78 is 1.24. The van der Waals surface area contributed by atoms with Crippen molar-refractivity contribution in [1.82, 2.24) is 15.1 Å². The van der Waals surface area contributed by atoms with Crippen molar-refractivity contribution in [3.05, 3.63) is 70.1 Å². The van der Waals surface area contributed by atoms with Gasteiger partial charge in [-0.05, 0) is 25.1 Å². The number of aryl methyl sites for hydroxylation is 1. The lowest BCUT2D eigenvalue weighted by atomic mass is 10.1. The molecule has 7 nitrogen and oxygen atoms in total. The molecule has 0 spiro atoms. The molecule has 0 aliphatic carbocycles. The number of anilines is 1. The van der Waals surface area contributed by atoms with Gasteiger partial charge >= 0.3 is 0 Å². The molecule has 3 rings (SSSR count). The van der Waals surface area contributed by atoms with Gasteiger partial charge in [-0.15, -0.1) is 6.42 Å². The first kappa shape index (κ1) is 18.9. The fraction of sp³-hybridized carbons (Fsp3) is 0.143. The van der Waals surface area contributed by atoms with Crippen molar-refractivity contribution in [2.45, 2.75) is 13.5 Å². The van der Waals surface area contributed by atoms with Crippen LogP contribution in [-0.4, -0.2) is 28.1 Å². The average molecular weight is 374 g/mol. The number of hydrogen-bond donors (Lipinski definition) is 2. The molecular formula is C21H18N4O3. The van der Waals surface area contributed by atoms with Crippen molar-refractivity contribution in [3.8, 4) is 12.3 Å². The Morgan fingerprint density at radius 3 is 2.46 bits per heavy atom. The Kier molecular flexibility index (Phi) is 5.51. The highest BCUT2D eigenvalue weighted by Gasteiger charge is 2.18. The van der Waals surface area contributed by atoms with Crippen LogP contribution in [0.5, 0.6) is 0 Å². The van der Waals surface area contributed by atoms with Crippen LogP contribution in [0.2, 0.25) is 0 Å². The maximum atomic E-state index is 12.9. The van der Waals surface area contributed by atoms with Gasteiger partial charge in [0.15, 0.2) is 5.69 Å². The van der Waals surface area contributed by atoms with Crippen LogP contribution in [0.4, 0.5) is 5.69 Å². The van der Waals surface area contributed by atoms with Crippen LogP contribution in [0.3, 0.4) is 0 Å². The first-order valence-electron chi connectivity index (χ1n) is 8.68. The molecule has 3 aromatic rings. The van der Waals surface area contributed by atoms with E-state index in [9.17, 15) is 14.4 Å². The SMILES string of the molecule is C#CCNC(=O)c1ccccc1NC(=O)c1nn(CC)c(=O)c2ccccc12. The summed E-state index contributed by atoms with van der Waals surface area (Å²) in [5.41, 5.74) is 0.445. The number of aromatic nitrogens is 2. The Balaban J connectivity index is 2.02. The maximum absolute atomic E-state index is 12.9. The number of rotatable bonds is 5. The number of amides is 2. The van der Waals surface area contributed by atoms with Crippen LogP contribution in [0.25, 0.3) is 10.8 Å². The molecule has 0 unspecified atom stereocenters. The van der Waals surface area contributed by atoms with Gasteiger partial charge in [0.05, 0.1) is 23.2 Å². The molecule has 0 bridgehead atoms. The predicted molar refractivity (Wildman–Crippen MR) is 107 cm³/mol. The molecule has 28 heavy (non-hydrogen) atoms. The number of nitrogens with one attached hydrogen (secondary N) is 2. The molecule has 1 heterocycles. The van der Waals surface area contributed by atoms with E-state index in [1.54, 1.807) is 55.5 Å². The zero-order chi connectivity index (χ0) is 20.1. The molecule has 0 fully saturated rings. The van der Waals surface area contributed by atoms with Crippen molar-refractivity contribution < 1.29 is 9.59 Å². The second kappa shape index (κ2) is 8.18. The van der Waals surface area contributed by atoms with Gasteiger partial charge in [-0.3, -0.25) is 14.4 Å². The molecule has 0 atom stereocenters. The molecule has 0 saturated heterocycles. The van der Waals surface area contributed by atoms with Gasteiger partial charge in [0.2, 0.25) is 0 Å². The summed E-state index contributed by atoms with van der Waals surface area (Å²) >= 11 is 0. The van der Waals surface area contributed by atoms with Gasteiger partial charge in [0, 0.05) is 11.9 Å². The van der Waals surface area contributed by atoms with E-state index in [-0.39, 0.29) is 23.4 Å². The Morgan fingerprint density at radius 2 is 1.75 bits per heavy atom. The quantitative estimate of drug-likeness (QED) is 0.669. The molecule has 7 heteroatoms. The number of terminal acetylenes is 1. The summed E-state index contributed by atoms with van der Waals surface area (Å²) in [5, 5.41) is 10.3. The Labute approximate surface area is 161 Å². The van der Waals surface area contributed by atoms with Crippen LogP contribution in [0.15, 0.2) is 53.3 Å². The molecule has 0 radical (unpaired) electrons. The normalized spacial score (nSPS) is 10.3. The molecule has 0 saturated carbocycles. The summed E-state index contributed by atoms with van der Waals surface area (Å²) in [7, 11) is 0. The van der Waals surface area contributed by atoms with Crippen molar-refractivity contribution in [1.29, 1.82) is 0 Å². The van der Waals surface area contributed by atoms with Crippen molar-refractivity contribution in [3.63, 3.8) is 0 Å². The standard InChI is InChI=1S/C21H18N4O3/c1-3-13-22-19(26)16-11-7-8-12-17(16)23-20(27)18-14-9-5-6-10-15(14)21(28)25(4-2)24-18/h1,5-12H,4,13H2,2H3,(H,22,26)(H,23,27). The van der Waals surface area contributed by atoms with Crippen LogP contribution < -0.4 is 16.2 Å². The second-order valence-corrected chi connectivity index (χ2v) is 5.90. The highest BCUT2D eigenvalue weighted by atomic mass is 16.2. The molecule has 1 aromatic heterocycles. The second-order valence-electron chi connectivity index (χ2n) is 5.90. The van der Waals surface area contributed by atoms with Crippen molar-refractivity contribution in [2.24, 2.45) is 0 Å². The number of carbonyl (C=O) groups is 2. The number of para-hydroxylation sites is 1. The van der Waals surface area contributed by atoms with E-state index < -0.39 is 11.8 Å². The Bertz CT molecular complexity index is 1160. The minimum atomic E-state index is -0.518. The first-order chi connectivity index (χ1) is 13.6. The van der Waals surface area contributed by atoms with Crippen LogP contribution >= 0.6 is 0 Å². The first-order valence-corrected chi connectivity index (χ1v) is 8.68. The van der Waals surface area contributed by atoms with E-state index >= 15 is 0 Å². The zero-order valence-electron chi connectivity index (χ0n) is 15.2. The van der Waals surface area contributed by atoms with Crippen LogP contribution in [0, 0.1) is 12.3 Å². The summed E-state index contributed by atoms with van der Waals surface area (Å²) in [5.74, 6) is 1.41. The lowest BCUT2D eigenvalue weighted by molar-refractivity contribution is 0.0959. The van der Waals surface area contributed by atoms with E-state index in [1.165, 1.54) is 4.68 Å². The van der Waals surface area contributed by atoms with Gasteiger partial charge in [-0.1, -0.05) is 36.3 Å². The summed E-state index contributed by atoms with van der Waals surface area (Å²) in [4.78, 5) is 37.7. The lowest BCUT2D eigenvalue weighted by Gasteiger charge is -2.12. The minimum Gasteiger partial charge on any atom is -0.341 e. The van der Waals surface area contributed by atoms with Gasteiger partial charge in [0.1, 0.15) is 0 Å². The van der Waals surface area contributed by atoms with Gasteiger partial charge in [-0.2, -0.15) is 5.10 Å². The van der Waals surface area contributed by atoms with E-state index in [1.807, 2.05) is 0 Å². The Hall–Kier alpha value is -3.92. The topological polar surface area (TPSA) is 93.1 Å². The Morgan fingerprint density at radius 1 is 1.07 bits per heavy atom. The number of fused-ring (bicyclic) bond motifs is 1. The predicted octanol–water partition coefficient (Wildman–Crippen LogP) is 2.03. The fourth-order valence-corrected chi connectivity index (χ4v) is 2.82. The summed E-state index contributed by atoms with van der Waals surface area (Å²) in [6.07, 6.45) is 5.17. The third kappa shape index (κ3) is 3.62. The molecule has 2 aromatic carbocycles. The zero-order valence-corrected chi connectivity index (χ0v) is 15.2. The number of benzene rings is 2. The highest BCUT2D eigenvalue weighted by Crippen LogP contribution is 2.18. The van der Waals surface area contributed by atoms with Crippen molar-refractivity contribution >= 4 is 28.3 Å². The van der Waals surface area contributed by atoms with Crippen LogP contribution in [-0.2, 0) is 6.54 Å². The largest absolute Gasteiger partial charge is 0.341 e. The smallest absolute Gasteiger partial charge is 0.276 e. The molecule has 0 aliphatic rings. The van der Waals surface area contributed by atoms with Gasteiger partial charge in [-0.25, -0.2) is 4.68 Å². The summed E-state index contributed by atoms with van der Waals surface area (Å²) in [6.45, 7) is 2.18. The summed E-state index contributed by atoms with van der Waals surface area (Å²) in [6, 6.07) is 13.4. The number of carbonyl (C=O) groups excluding carboxylic acids is 2. The van der Waals surface area contributed by atoms with E-state index in [4.69, 9.17) is 6.42 Å². The minimum absolute atomic E-state index is 0.0781. The molecular weight excluding hydrogens is 356 g/mol. The van der Waals surface area contributed by atoms with Crippen LogP contribution in [0.1, 0.15) is 27.8 Å². The number of hydrogen-bond acceptors (Lipinski definition) is 4. The highest BCUT2D eigenvalue weighted by molar-refractivity contribution is 6.13. The molecule has 2 amide bonds. The molecule has 2 N–H and O–H groups in total. The lowest BCUT2D eigenvalue weighted by Crippen LogP contribution is -2.28. The van der Waals surface area contributed by atoms with Gasteiger partial charge in [0.25, 0.3) is 17.4 Å². The maximum Gasteiger partial charge on any atom is 0.276 e.